The number of carboxylic acid groups (broad SMARTS) is 2. The van der Waals surface area contributed by atoms with Crippen molar-refractivity contribution in [2.45, 2.75) is 31.9 Å². The number of carbonyl (C=O) groups is 2. The zero-order valence-corrected chi connectivity index (χ0v) is 27.0. The van der Waals surface area contributed by atoms with Crippen molar-refractivity contribution in [3.05, 3.63) is 54.2 Å². The third-order valence-electron chi connectivity index (χ3n) is 7.00. The molecule has 2 atom stereocenters. The van der Waals surface area contributed by atoms with E-state index in [9.17, 15) is 37.6 Å². The van der Waals surface area contributed by atoms with Gasteiger partial charge in [-0.3, -0.25) is 18.7 Å². The Kier molecular flexibility index (Phi) is 8.66. The molecule has 47 heavy (non-hydrogen) atoms. The monoisotopic (exact) mass is 725 g/mol. The van der Waals surface area contributed by atoms with E-state index in [1.165, 1.54) is 21.6 Å². The molecule has 0 radical (unpaired) electrons. The molecule has 2 aliphatic rings. The summed E-state index contributed by atoms with van der Waals surface area (Å²) in [5.74, 6) is -2.16. The van der Waals surface area contributed by atoms with Crippen molar-refractivity contribution in [3.63, 3.8) is 0 Å². The van der Waals surface area contributed by atoms with Crippen LogP contribution in [0.15, 0.2) is 23.0 Å². The molecule has 246 valence electrons. The fourth-order valence-corrected chi connectivity index (χ4v) is 8.97. The second-order valence-electron chi connectivity index (χ2n) is 10.1. The van der Waals surface area contributed by atoms with Crippen molar-refractivity contribution >= 4 is 88.4 Å². The first kappa shape index (κ1) is 32.4. The Morgan fingerprint density at radius 3 is 2.57 bits per heavy atom. The van der Waals surface area contributed by atoms with E-state index >= 15 is 4.39 Å². The average Bonchev–Trinajstić information content (AvgIpc) is 3.79. The van der Waals surface area contributed by atoms with Crippen LogP contribution < -0.4 is 38.4 Å². The molecule has 2 aliphatic heterocycles. The Morgan fingerprint density at radius 1 is 1.15 bits per heavy atom. The summed E-state index contributed by atoms with van der Waals surface area (Å²) in [6.07, 6.45) is -1.04. The number of thiazole rings is 2. The molecule has 2 unspecified atom stereocenters. The maximum absolute atomic E-state index is 16.1. The lowest BCUT2D eigenvalue weighted by atomic mass is 10.2. The Hall–Kier alpha value is -4.55. The first-order valence-electron chi connectivity index (χ1n) is 13.5. The predicted octanol–water partition coefficient (Wildman–Crippen LogP) is 1.37. The minimum absolute atomic E-state index is 0.0355. The van der Waals surface area contributed by atoms with Gasteiger partial charge in [-0.1, -0.05) is 11.3 Å². The topological polar surface area (TPSA) is 190 Å². The molecule has 0 aliphatic carbocycles. The molecule has 0 saturated carbocycles. The standard InChI is InChI=1S/C27H21FN4O11S4/c1-29-20-7-15-27(45-20)46-21(31(15)10-23(33)34)9-22-32(11-24(35)36)25(37)19(44-22)5-13(28)26-30(3-2-4-47(38,39)40)14-6-17-18(42-12-41-17)8-16(14)43-26/h5-9,13,26H,2-4,10-12H2,(H2-,33,34,35,36,38,39,40)/p+1/b19-5+. The number of hydrogen-bond donors (Lipinski definition) is 3. The van der Waals surface area contributed by atoms with Gasteiger partial charge in [0.05, 0.1) is 28.6 Å². The number of aliphatic carboxylic acids is 2. The highest BCUT2D eigenvalue weighted by Gasteiger charge is 2.38. The molecule has 0 amide bonds. The number of ether oxygens (including phenoxy) is 3. The summed E-state index contributed by atoms with van der Waals surface area (Å²) >= 11 is 3.11. The van der Waals surface area contributed by atoms with Gasteiger partial charge in [-0.05, 0) is 12.5 Å². The predicted molar refractivity (Wildman–Crippen MR) is 168 cm³/mol. The van der Waals surface area contributed by atoms with Crippen molar-refractivity contribution < 1.29 is 55.9 Å². The van der Waals surface area contributed by atoms with E-state index in [4.69, 9.17) is 20.8 Å². The average molecular weight is 726 g/mol. The number of fused-ring (bicyclic) bond motifs is 3. The summed E-state index contributed by atoms with van der Waals surface area (Å²) < 4.78 is 67.7. The van der Waals surface area contributed by atoms with Crippen LogP contribution in [0.4, 0.5) is 15.1 Å². The fourth-order valence-electron chi connectivity index (χ4n) is 5.08. The van der Waals surface area contributed by atoms with Crippen LogP contribution in [0.2, 0.25) is 0 Å². The van der Waals surface area contributed by atoms with Gasteiger partial charge in [-0.25, -0.2) is 14.0 Å². The summed E-state index contributed by atoms with van der Waals surface area (Å²) in [4.78, 5) is 41.6. The second kappa shape index (κ2) is 12.6. The number of aromatic nitrogens is 2. The largest absolute Gasteiger partial charge is 0.480 e. The fraction of sp³-hybridized carbons (Fsp3) is 0.296. The molecule has 0 saturated heterocycles. The number of thiophene rings is 1. The molecule has 3 N–H and O–H groups in total. The Balaban J connectivity index is 1.41. The Morgan fingerprint density at radius 2 is 1.89 bits per heavy atom. The quantitative estimate of drug-likeness (QED) is 0.115. The zero-order chi connectivity index (χ0) is 33.6. The number of alkyl halides is 1. The highest BCUT2D eigenvalue weighted by molar-refractivity contribution is 7.85. The lowest BCUT2D eigenvalue weighted by molar-refractivity contribution is -0.657. The van der Waals surface area contributed by atoms with E-state index < -0.39 is 58.9 Å². The van der Waals surface area contributed by atoms with E-state index in [1.54, 1.807) is 12.1 Å². The van der Waals surface area contributed by atoms with Gasteiger partial charge in [-0.15, -0.1) is 22.7 Å². The Bertz CT molecular complexity index is 2270. The highest BCUT2D eigenvalue weighted by Crippen LogP contribution is 2.47. The molecule has 3 aromatic heterocycles. The van der Waals surface area contributed by atoms with E-state index in [1.807, 2.05) is 0 Å². The first-order chi connectivity index (χ1) is 22.3. The summed E-state index contributed by atoms with van der Waals surface area (Å²) in [7, 11) is -4.30. The van der Waals surface area contributed by atoms with Crippen molar-refractivity contribution in [3.8, 4) is 17.2 Å². The van der Waals surface area contributed by atoms with Gasteiger partial charge in [0.25, 0.3) is 20.7 Å². The maximum Gasteiger partial charge on any atom is 0.370 e. The smallest absolute Gasteiger partial charge is 0.370 e. The molecule has 15 nitrogen and oxygen atoms in total. The van der Waals surface area contributed by atoms with Gasteiger partial charge in [-0.2, -0.15) is 13.0 Å². The number of carboxylic acids is 2. The molecule has 1 aromatic carbocycles. The van der Waals surface area contributed by atoms with E-state index in [2.05, 4.69) is 4.85 Å². The third kappa shape index (κ3) is 6.66. The van der Waals surface area contributed by atoms with Gasteiger partial charge in [0.15, 0.2) is 17.7 Å². The molecule has 4 aromatic rings. The minimum atomic E-state index is -4.30. The van der Waals surface area contributed by atoms with Crippen LogP contribution in [0.3, 0.4) is 0 Å². The molecular formula is C27H22FN4O11S4+. The van der Waals surface area contributed by atoms with Crippen LogP contribution in [0, 0.1) is 6.57 Å². The SMILES string of the molecule is [C-]#[N+]c1cc2c(s1)sc(C=c1s/c(=C/C(F)C3Oc4cc5c(cc4N3CCCS(=O)(=O)O)OCO5)c(=O)n1CC(=O)O)[n+]2CC(=O)O. The van der Waals surface area contributed by atoms with Crippen LogP contribution in [0.1, 0.15) is 11.4 Å². The van der Waals surface area contributed by atoms with Gasteiger partial charge >= 0.3 is 11.9 Å². The van der Waals surface area contributed by atoms with Crippen LogP contribution in [0.25, 0.3) is 26.5 Å². The molecule has 5 heterocycles. The second-order valence-corrected chi connectivity index (χ2v) is 15.1. The first-order valence-corrected chi connectivity index (χ1v) is 17.5. The third-order valence-corrected chi connectivity index (χ3v) is 11.1. The zero-order valence-electron chi connectivity index (χ0n) is 23.7. The number of nitrogens with zero attached hydrogens (tertiary/aromatic N) is 4. The number of halogens is 1. The van der Waals surface area contributed by atoms with Gasteiger partial charge in [0.1, 0.15) is 21.0 Å². The summed E-state index contributed by atoms with van der Waals surface area (Å²) in [6, 6.07) is 4.59. The number of anilines is 1. The summed E-state index contributed by atoms with van der Waals surface area (Å²) in [6.45, 7) is 5.94. The number of rotatable bonds is 11. The molecule has 6 rings (SSSR count). The number of benzene rings is 1. The molecule has 0 spiro atoms. The lowest BCUT2D eigenvalue weighted by Crippen LogP contribution is -2.43. The van der Waals surface area contributed by atoms with Crippen molar-refractivity contribution in [2.75, 3.05) is 24.0 Å². The highest BCUT2D eigenvalue weighted by atomic mass is 32.2. The molecular weight excluding hydrogens is 704 g/mol. The van der Waals surface area contributed by atoms with Crippen LogP contribution in [-0.4, -0.2) is 71.2 Å². The van der Waals surface area contributed by atoms with Crippen molar-refractivity contribution in [1.29, 1.82) is 0 Å². The Labute approximate surface area is 275 Å². The van der Waals surface area contributed by atoms with E-state index in [-0.39, 0.29) is 34.7 Å². The van der Waals surface area contributed by atoms with Crippen LogP contribution in [-0.2, 0) is 32.8 Å². The summed E-state index contributed by atoms with van der Waals surface area (Å²) in [5.41, 5.74) is 0.0582. The molecule has 0 fully saturated rings. The van der Waals surface area contributed by atoms with Crippen molar-refractivity contribution in [1.82, 2.24) is 4.57 Å². The van der Waals surface area contributed by atoms with Crippen molar-refractivity contribution in [2.24, 2.45) is 0 Å². The van der Waals surface area contributed by atoms with E-state index in [0.717, 1.165) is 44.7 Å². The van der Waals surface area contributed by atoms with Crippen LogP contribution in [0.5, 0.6) is 17.2 Å². The van der Waals surface area contributed by atoms with Gasteiger partial charge in [0.2, 0.25) is 30.1 Å². The maximum atomic E-state index is 16.1. The van der Waals surface area contributed by atoms with E-state index in [0.29, 0.717) is 36.7 Å². The van der Waals surface area contributed by atoms with Crippen LogP contribution >= 0.6 is 34.0 Å². The molecule has 0 bridgehead atoms. The molecule has 20 heteroatoms. The number of hydrogen-bond acceptors (Lipinski definition) is 12. The van der Waals surface area contributed by atoms with Gasteiger partial charge < -0.3 is 29.3 Å². The minimum Gasteiger partial charge on any atom is -0.480 e. The van der Waals surface area contributed by atoms with Gasteiger partial charge in [0, 0.05) is 24.7 Å². The lowest BCUT2D eigenvalue weighted by Gasteiger charge is -2.26. The normalized spacial score (nSPS) is 16.8. The summed E-state index contributed by atoms with van der Waals surface area (Å²) in [5, 5.41) is 19.8.